The first kappa shape index (κ1) is 24.4. The molecule has 2 aliphatic rings. The number of nitrogens with one attached hydrogen (secondary N) is 2. The number of amides is 2. The van der Waals surface area contributed by atoms with Gasteiger partial charge in [-0.25, -0.2) is 0 Å². The van der Waals surface area contributed by atoms with Crippen LogP contribution in [0.25, 0.3) is 0 Å². The van der Waals surface area contributed by atoms with Crippen LogP contribution in [0.1, 0.15) is 82.9 Å². The normalized spacial score (nSPS) is 20.0. The van der Waals surface area contributed by atoms with Gasteiger partial charge < -0.3 is 10.6 Å². The fraction of sp³-hybridized carbons (Fsp3) is 0.536. The van der Waals surface area contributed by atoms with Crippen LogP contribution in [0, 0.1) is 0 Å². The summed E-state index contributed by atoms with van der Waals surface area (Å²) in [6.07, 6.45) is 10.6. The molecule has 2 N–H and O–H groups in total. The van der Waals surface area contributed by atoms with E-state index in [1.54, 1.807) is 17.3 Å². The van der Waals surface area contributed by atoms with Gasteiger partial charge in [-0.3, -0.25) is 19.5 Å². The zero-order valence-electron chi connectivity index (χ0n) is 20.7. The predicted molar refractivity (Wildman–Crippen MR) is 136 cm³/mol. The predicted octanol–water partition coefficient (Wildman–Crippen LogP) is 4.65. The van der Waals surface area contributed by atoms with Crippen LogP contribution < -0.4 is 15.5 Å². The zero-order chi connectivity index (χ0) is 24.1. The SMILES string of the molecule is CC(C)(C)c1ccc(N(C(=O)[C@H]2CCCN2)[C@@H](C(=O)NC2CCCCC2)c2cccnc2)cc1. The number of benzene rings is 1. The van der Waals surface area contributed by atoms with Gasteiger partial charge >= 0.3 is 0 Å². The van der Waals surface area contributed by atoms with Crippen LogP contribution in [0.5, 0.6) is 0 Å². The number of nitrogens with zero attached hydrogens (tertiary/aromatic N) is 2. The van der Waals surface area contributed by atoms with Gasteiger partial charge in [-0.05, 0) is 61.4 Å². The van der Waals surface area contributed by atoms with E-state index >= 15 is 0 Å². The molecule has 182 valence electrons. The summed E-state index contributed by atoms with van der Waals surface area (Å²) in [6, 6.07) is 10.9. The second kappa shape index (κ2) is 10.7. The van der Waals surface area contributed by atoms with E-state index in [9.17, 15) is 9.59 Å². The summed E-state index contributed by atoms with van der Waals surface area (Å²) in [6.45, 7) is 7.33. The quantitative estimate of drug-likeness (QED) is 0.655. The Labute approximate surface area is 203 Å². The molecule has 0 bridgehead atoms. The van der Waals surface area contributed by atoms with E-state index in [1.807, 2.05) is 24.3 Å². The second-order valence-electron chi connectivity index (χ2n) is 10.7. The second-order valence-corrected chi connectivity index (χ2v) is 10.7. The molecule has 2 atom stereocenters. The fourth-order valence-electron chi connectivity index (χ4n) is 5.07. The van der Waals surface area contributed by atoms with Gasteiger partial charge in [0.1, 0.15) is 6.04 Å². The maximum atomic E-state index is 13.9. The van der Waals surface area contributed by atoms with Crippen molar-refractivity contribution in [3.8, 4) is 0 Å². The molecule has 1 aliphatic carbocycles. The molecule has 1 aromatic heterocycles. The summed E-state index contributed by atoms with van der Waals surface area (Å²) in [4.78, 5) is 33.7. The Morgan fingerprint density at radius 3 is 2.35 bits per heavy atom. The van der Waals surface area contributed by atoms with Crippen molar-refractivity contribution in [3.63, 3.8) is 0 Å². The summed E-state index contributed by atoms with van der Waals surface area (Å²) in [5, 5.41) is 6.60. The lowest BCUT2D eigenvalue weighted by Crippen LogP contribution is -2.51. The minimum atomic E-state index is -0.772. The third-order valence-corrected chi connectivity index (χ3v) is 7.07. The highest BCUT2D eigenvalue weighted by molar-refractivity contribution is 6.03. The van der Waals surface area contributed by atoms with Crippen molar-refractivity contribution in [1.29, 1.82) is 0 Å². The molecule has 2 aromatic rings. The van der Waals surface area contributed by atoms with Crippen LogP contribution in [0.3, 0.4) is 0 Å². The third-order valence-electron chi connectivity index (χ3n) is 7.07. The third kappa shape index (κ3) is 5.66. The Hall–Kier alpha value is -2.73. The van der Waals surface area contributed by atoms with Crippen LogP contribution in [0.2, 0.25) is 0 Å². The Kier molecular flexibility index (Phi) is 7.67. The van der Waals surface area contributed by atoms with Crippen molar-refractivity contribution in [2.75, 3.05) is 11.4 Å². The Bertz CT molecular complexity index is 956. The minimum absolute atomic E-state index is 0.00147. The molecule has 34 heavy (non-hydrogen) atoms. The zero-order valence-corrected chi connectivity index (χ0v) is 20.7. The average Bonchev–Trinajstić information content (AvgIpc) is 3.38. The van der Waals surface area contributed by atoms with Gasteiger partial charge in [0.2, 0.25) is 11.8 Å². The summed E-state index contributed by atoms with van der Waals surface area (Å²) < 4.78 is 0. The van der Waals surface area contributed by atoms with Crippen molar-refractivity contribution in [2.45, 2.75) is 89.3 Å². The van der Waals surface area contributed by atoms with E-state index in [1.165, 1.54) is 12.0 Å². The molecule has 6 nitrogen and oxygen atoms in total. The molecule has 0 unspecified atom stereocenters. The maximum absolute atomic E-state index is 13.9. The van der Waals surface area contributed by atoms with Crippen molar-refractivity contribution in [2.24, 2.45) is 0 Å². The highest BCUT2D eigenvalue weighted by Gasteiger charge is 2.38. The minimum Gasteiger partial charge on any atom is -0.351 e. The first-order chi connectivity index (χ1) is 16.3. The highest BCUT2D eigenvalue weighted by Crippen LogP contribution is 2.32. The first-order valence-electron chi connectivity index (χ1n) is 12.7. The van der Waals surface area contributed by atoms with E-state index in [0.717, 1.165) is 56.3 Å². The topological polar surface area (TPSA) is 74.3 Å². The lowest BCUT2D eigenvalue weighted by Gasteiger charge is -2.35. The van der Waals surface area contributed by atoms with Crippen LogP contribution >= 0.6 is 0 Å². The molecule has 1 aromatic carbocycles. The van der Waals surface area contributed by atoms with Gasteiger partial charge in [0, 0.05) is 29.7 Å². The number of pyridine rings is 1. The molecule has 1 aliphatic heterocycles. The van der Waals surface area contributed by atoms with Gasteiger partial charge in [0.05, 0.1) is 6.04 Å². The van der Waals surface area contributed by atoms with E-state index in [4.69, 9.17) is 0 Å². The molecule has 0 spiro atoms. The number of carbonyl (C=O) groups is 2. The molecule has 4 rings (SSSR count). The molecule has 1 saturated carbocycles. The number of hydrogen-bond acceptors (Lipinski definition) is 4. The van der Waals surface area contributed by atoms with Crippen LogP contribution in [-0.2, 0) is 15.0 Å². The van der Waals surface area contributed by atoms with Crippen LogP contribution in [-0.4, -0.2) is 35.4 Å². The summed E-state index contributed by atoms with van der Waals surface area (Å²) in [5.74, 6) is -0.195. The van der Waals surface area contributed by atoms with Gasteiger partial charge in [0.15, 0.2) is 0 Å². The maximum Gasteiger partial charge on any atom is 0.248 e. The summed E-state index contributed by atoms with van der Waals surface area (Å²) in [7, 11) is 0. The molecule has 2 amide bonds. The monoisotopic (exact) mass is 462 g/mol. The molecule has 2 heterocycles. The standard InChI is InChI=1S/C28H38N4O2/c1-28(2,3)21-13-15-23(16-14-21)32(27(34)24-12-8-18-30-24)25(20-9-7-17-29-19-20)26(33)31-22-10-5-4-6-11-22/h7,9,13-17,19,22,24-25,30H,4-6,8,10-12,18H2,1-3H3,(H,31,33)/t24-,25-/m1/s1. The number of anilines is 1. The van der Waals surface area contributed by atoms with Gasteiger partial charge in [-0.1, -0.05) is 58.2 Å². The average molecular weight is 463 g/mol. The van der Waals surface area contributed by atoms with E-state index in [0.29, 0.717) is 0 Å². The van der Waals surface area contributed by atoms with Crippen molar-refractivity contribution in [3.05, 3.63) is 59.9 Å². The van der Waals surface area contributed by atoms with Crippen LogP contribution in [0.4, 0.5) is 5.69 Å². The molecule has 6 heteroatoms. The summed E-state index contributed by atoms with van der Waals surface area (Å²) in [5.41, 5.74) is 2.65. The van der Waals surface area contributed by atoms with Gasteiger partial charge in [-0.2, -0.15) is 0 Å². The Morgan fingerprint density at radius 1 is 1.03 bits per heavy atom. The lowest BCUT2D eigenvalue weighted by atomic mass is 9.87. The number of rotatable bonds is 6. The van der Waals surface area contributed by atoms with Gasteiger partial charge in [0.25, 0.3) is 0 Å². The van der Waals surface area contributed by atoms with Crippen molar-refractivity contribution in [1.82, 2.24) is 15.6 Å². The van der Waals surface area contributed by atoms with Crippen molar-refractivity contribution < 1.29 is 9.59 Å². The number of carbonyl (C=O) groups excluding carboxylic acids is 2. The lowest BCUT2D eigenvalue weighted by molar-refractivity contribution is -0.128. The molecular weight excluding hydrogens is 424 g/mol. The van der Waals surface area contributed by atoms with Crippen LogP contribution in [0.15, 0.2) is 48.8 Å². The Balaban J connectivity index is 1.73. The first-order valence-corrected chi connectivity index (χ1v) is 12.7. The highest BCUT2D eigenvalue weighted by atomic mass is 16.2. The molecule has 1 saturated heterocycles. The number of aromatic nitrogens is 1. The van der Waals surface area contributed by atoms with E-state index < -0.39 is 6.04 Å². The summed E-state index contributed by atoms with van der Waals surface area (Å²) >= 11 is 0. The molecule has 2 fully saturated rings. The fourth-order valence-corrected chi connectivity index (χ4v) is 5.07. The van der Waals surface area contributed by atoms with Gasteiger partial charge in [-0.15, -0.1) is 0 Å². The molecule has 0 radical (unpaired) electrons. The van der Waals surface area contributed by atoms with E-state index in [2.05, 4.69) is 48.5 Å². The largest absolute Gasteiger partial charge is 0.351 e. The smallest absolute Gasteiger partial charge is 0.248 e. The Morgan fingerprint density at radius 2 is 1.76 bits per heavy atom. The van der Waals surface area contributed by atoms with E-state index in [-0.39, 0.29) is 29.3 Å². The number of hydrogen-bond donors (Lipinski definition) is 2. The molecular formula is C28H38N4O2. The van der Waals surface area contributed by atoms with Crippen molar-refractivity contribution >= 4 is 17.5 Å².